The van der Waals surface area contributed by atoms with E-state index in [0.717, 1.165) is 19.4 Å². The fraction of sp³-hybridized carbons (Fsp3) is 0.706. The molecule has 1 aromatic rings. The van der Waals surface area contributed by atoms with Crippen LogP contribution in [-0.2, 0) is 14.2 Å². The molecule has 23 heavy (non-hydrogen) atoms. The minimum atomic E-state index is -0.686. The second-order valence-corrected chi connectivity index (χ2v) is 7.07. The van der Waals surface area contributed by atoms with E-state index < -0.39 is 24.3 Å². The predicted octanol–water partition coefficient (Wildman–Crippen LogP) is 1.46. The number of aliphatic hydroxyl groups is 1. The Labute approximate surface area is 136 Å². The van der Waals surface area contributed by atoms with Crippen LogP contribution >= 0.6 is 0 Å². The second kappa shape index (κ2) is 5.79. The number of fused-ring (bicyclic) bond motifs is 1. The van der Waals surface area contributed by atoms with Crippen LogP contribution in [0.25, 0.3) is 0 Å². The molecule has 4 rings (SSSR count). The van der Waals surface area contributed by atoms with Gasteiger partial charge in [0.2, 0.25) is 0 Å². The zero-order chi connectivity index (χ0) is 16.0. The smallest absolute Gasteiger partial charge is 0.190 e. The molecule has 3 aliphatic rings. The molecule has 0 unspecified atom stereocenters. The highest BCUT2D eigenvalue weighted by Crippen LogP contribution is 2.39. The van der Waals surface area contributed by atoms with Gasteiger partial charge >= 0.3 is 0 Å². The highest BCUT2D eigenvalue weighted by molar-refractivity contribution is 5.16. The quantitative estimate of drug-likeness (QED) is 0.909. The maximum Gasteiger partial charge on any atom is 0.190 e. The Morgan fingerprint density at radius 1 is 1.30 bits per heavy atom. The second-order valence-electron chi connectivity index (χ2n) is 7.07. The van der Waals surface area contributed by atoms with Crippen molar-refractivity contribution in [3.05, 3.63) is 30.1 Å². The summed E-state index contributed by atoms with van der Waals surface area (Å²) >= 11 is 0. The average Bonchev–Trinajstić information content (AvgIpc) is 3.17. The van der Waals surface area contributed by atoms with E-state index in [1.54, 1.807) is 0 Å². The number of ether oxygens (including phenoxy) is 3. The van der Waals surface area contributed by atoms with Gasteiger partial charge in [0.1, 0.15) is 18.3 Å². The lowest BCUT2D eigenvalue weighted by atomic mass is 10.1. The number of rotatable bonds is 3. The molecule has 6 nitrogen and oxygen atoms in total. The lowest BCUT2D eigenvalue weighted by Gasteiger charge is -2.29. The van der Waals surface area contributed by atoms with Crippen LogP contribution in [0.4, 0.5) is 0 Å². The Balaban J connectivity index is 1.43. The van der Waals surface area contributed by atoms with Crippen LogP contribution in [0, 0.1) is 0 Å². The number of aliphatic hydroxyl groups excluding tert-OH is 1. The Morgan fingerprint density at radius 2 is 2.09 bits per heavy atom. The van der Waals surface area contributed by atoms with E-state index in [9.17, 15) is 5.11 Å². The molecule has 3 saturated heterocycles. The van der Waals surface area contributed by atoms with Crippen LogP contribution in [0.15, 0.2) is 24.5 Å². The summed E-state index contributed by atoms with van der Waals surface area (Å²) in [7, 11) is 0. The summed E-state index contributed by atoms with van der Waals surface area (Å²) in [6.07, 6.45) is 4.16. The Bertz CT molecular complexity index is 553. The predicted molar refractivity (Wildman–Crippen MR) is 82.5 cm³/mol. The van der Waals surface area contributed by atoms with Crippen LogP contribution < -0.4 is 0 Å². The summed E-state index contributed by atoms with van der Waals surface area (Å²) in [5.41, 5.74) is 1.28. The number of hydrogen-bond donors (Lipinski definition) is 1. The number of nitrogens with zero attached hydrogens (tertiary/aromatic N) is 2. The molecule has 3 aliphatic heterocycles. The summed E-state index contributed by atoms with van der Waals surface area (Å²) < 4.78 is 17.4. The van der Waals surface area contributed by atoms with Crippen molar-refractivity contribution in [3.63, 3.8) is 0 Å². The molecule has 3 fully saturated rings. The third kappa shape index (κ3) is 2.90. The fourth-order valence-electron chi connectivity index (χ4n) is 3.95. The summed E-state index contributed by atoms with van der Waals surface area (Å²) in [5, 5.41) is 10.5. The minimum Gasteiger partial charge on any atom is -0.387 e. The number of aromatic nitrogens is 1. The van der Waals surface area contributed by atoms with Crippen molar-refractivity contribution in [2.24, 2.45) is 0 Å². The number of hydrogen-bond acceptors (Lipinski definition) is 6. The van der Waals surface area contributed by atoms with Gasteiger partial charge < -0.3 is 19.3 Å². The zero-order valence-electron chi connectivity index (χ0n) is 13.6. The van der Waals surface area contributed by atoms with E-state index in [1.165, 1.54) is 5.56 Å². The van der Waals surface area contributed by atoms with Crippen molar-refractivity contribution < 1.29 is 19.3 Å². The van der Waals surface area contributed by atoms with Crippen molar-refractivity contribution >= 4 is 0 Å². The minimum absolute atomic E-state index is 0.275. The van der Waals surface area contributed by atoms with Crippen LogP contribution in [0.5, 0.6) is 0 Å². The first-order valence-corrected chi connectivity index (χ1v) is 8.37. The number of pyridine rings is 1. The standard InChI is InChI=1S/C17H24N2O4/c1-17(2)22-15-14(20)13(21-16(15)23-17)10-19-9-3-4-12(19)11-5-7-18-8-6-11/h5-8,12-16,20H,3-4,9-10H2,1-2H3/t12-,13+,14+,15-,16+/m0/s1. The molecular formula is C17H24N2O4. The molecule has 0 aliphatic carbocycles. The molecule has 0 aromatic carbocycles. The van der Waals surface area contributed by atoms with Crippen LogP contribution in [0.1, 0.15) is 38.3 Å². The lowest BCUT2D eigenvalue weighted by Crippen LogP contribution is -2.41. The Hall–Kier alpha value is -1.05. The zero-order valence-corrected chi connectivity index (χ0v) is 13.6. The van der Waals surface area contributed by atoms with E-state index in [-0.39, 0.29) is 6.10 Å². The topological polar surface area (TPSA) is 64.1 Å². The van der Waals surface area contributed by atoms with Gasteiger partial charge in [-0.1, -0.05) is 0 Å². The average molecular weight is 320 g/mol. The van der Waals surface area contributed by atoms with E-state index in [0.29, 0.717) is 12.6 Å². The monoisotopic (exact) mass is 320 g/mol. The van der Waals surface area contributed by atoms with Gasteiger partial charge in [-0.2, -0.15) is 0 Å². The van der Waals surface area contributed by atoms with E-state index in [4.69, 9.17) is 14.2 Å². The van der Waals surface area contributed by atoms with E-state index >= 15 is 0 Å². The lowest BCUT2D eigenvalue weighted by molar-refractivity contribution is -0.216. The van der Waals surface area contributed by atoms with E-state index in [2.05, 4.69) is 22.0 Å². The normalized spacial score (nSPS) is 39.7. The van der Waals surface area contributed by atoms with Crippen molar-refractivity contribution in [2.45, 2.75) is 63.1 Å². The molecule has 0 radical (unpaired) electrons. The largest absolute Gasteiger partial charge is 0.387 e. The first-order valence-electron chi connectivity index (χ1n) is 8.37. The third-order valence-electron chi connectivity index (χ3n) is 4.98. The van der Waals surface area contributed by atoms with Gasteiger partial charge in [-0.05, 0) is 50.9 Å². The van der Waals surface area contributed by atoms with Crippen LogP contribution in [0.2, 0.25) is 0 Å². The third-order valence-corrected chi connectivity index (χ3v) is 4.98. The summed E-state index contributed by atoms with van der Waals surface area (Å²) in [6, 6.07) is 4.50. The highest BCUT2D eigenvalue weighted by atomic mass is 16.8. The van der Waals surface area contributed by atoms with Gasteiger partial charge in [0.15, 0.2) is 12.1 Å². The van der Waals surface area contributed by atoms with E-state index in [1.807, 2.05) is 26.2 Å². The Morgan fingerprint density at radius 3 is 2.83 bits per heavy atom. The van der Waals surface area contributed by atoms with Crippen molar-refractivity contribution in [1.82, 2.24) is 9.88 Å². The Kier molecular flexibility index (Phi) is 3.90. The van der Waals surface area contributed by atoms with Gasteiger partial charge in [-0.15, -0.1) is 0 Å². The molecule has 1 N–H and O–H groups in total. The number of likely N-dealkylation sites (tertiary alicyclic amines) is 1. The van der Waals surface area contributed by atoms with Gasteiger partial charge in [0, 0.05) is 25.0 Å². The molecule has 0 spiro atoms. The van der Waals surface area contributed by atoms with Crippen molar-refractivity contribution in [1.29, 1.82) is 0 Å². The molecular weight excluding hydrogens is 296 g/mol. The summed E-state index contributed by atoms with van der Waals surface area (Å²) in [6.45, 7) is 5.39. The van der Waals surface area contributed by atoms with Crippen molar-refractivity contribution in [2.75, 3.05) is 13.1 Å². The van der Waals surface area contributed by atoms with Gasteiger partial charge in [0.25, 0.3) is 0 Å². The highest BCUT2D eigenvalue weighted by Gasteiger charge is 2.54. The maximum atomic E-state index is 10.5. The first-order chi connectivity index (χ1) is 11.0. The molecule has 1 aromatic heterocycles. The first kappa shape index (κ1) is 15.5. The van der Waals surface area contributed by atoms with Crippen molar-refractivity contribution in [3.8, 4) is 0 Å². The molecule has 0 amide bonds. The van der Waals surface area contributed by atoms with Crippen LogP contribution in [-0.4, -0.2) is 58.5 Å². The molecule has 126 valence electrons. The fourth-order valence-corrected chi connectivity index (χ4v) is 3.95. The van der Waals surface area contributed by atoms with Crippen LogP contribution in [0.3, 0.4) is 0 Å². The maximum absolute atomic E-state index is 10.5. The molecule has 0 bridgehead atoms. The van der Waals surface area contributed by atoms with Gasteiger partial charge in [-0.25, -0.2) is 0 Å². The molecule has 5 atom stereocenters. The summed E-state index contributed by atoms with van der Waals surface area (Å²) in [4.78, 5) is 6.48. The summed E-state index contributed by atoms with van der Waals surface area (Å²) in [5.74, 6) is -0.686. The van der Waals surface area contributed by atoms with Gasteiger partial charge in [-0.3, -0.25) is 9.88 Å². The molecule has 4 heterocycles. The molecule has 0 saturated carbocycles. The van der Waals surface area contributed by atoms with Gasteiger partial charge in [0.05, 0.1) is 0 Å². The molecule has 6 heteroatoms. The SMILES string of the molecule is CC1(C)O[C@H]2O[C@H](CN3CCC[C@H]3c3ccncc3)[C@@H](O)[C@@H]2O1.